The van der Waals surface area contributed by atoms with Crippen molar-refractivity contribution in [1.82, 2.24) is 19.8 Å². The molecule has 1 amide bonds. The van der Waals surface area contributed by atoms with Gasteiger partial charge in [0.25, 0.3) is 5.91 Å². The molecule has 5 nitrogen and oxygen atoms in total. The number of amides is 1. The minimum Gasteiger partial charge on any atom is -0.348 e. The molecule has 2 heterocycles. The lowest BCUT2D eigenvalue weighted by Crippen LogP contribution is -2.29. The van der Waals surface area contributed by atoms with Gasteiger partial charge in [-0.1, -0.05) is 42.8 Å². The highest BCUT2D eigenvalue weighted by atomic mass is 16.1. The van der Waals surface area contributed by atoms with Crippen LogP contribution in [-0.4, -0.2) is 33.4 Å². The van der Waals surface area contributed by atoms with Crippen LogP contribution < -0.4 is 5.32 Å². The second-order valence-corrected chi connectivity index (χ2v) is 7.77. The number of imidazole rings is 1. The van der Waals surface area contributed by atoms with Gasteiger partial charge >= 0.3 is 0 Å². The first-order valence-electron chi connectivity index (χ1n) is 10.4. The summed E-state index contributed by atoms with van der Waals surface area (Å²) in [6.07, 6.45) is 9.45. The summed E-state index contributed by atoms with van der Waals surface area (Å²) in [6, 6.07) is 16.3. The summed E-state index contributed by atoms with van der Waals surface area (Å²) < 4.78 is 2.01. The van der Waals surface area contributed by atoms with Crippen LogP contribution >= 0.6 is 0 Å². The molecule has 1 aliphatic heterocycles. The summed E-state index contributed by atoms with van der Waals surface area (Å²) in [5.74, 6) is -0.0411. The second kappa shape index (κ2) is 9.52. The monoisotopic (exact) mass is 388 g/mol. The number of carbonyl (C=O) groups excluding carboxylic acids is 1. The van der Waals surface area contributed by atoms with Crippen LogP contribution in [0.2, 0.25) is 0 Å². The Hall–Kier alpha value is -2.92. The maximum Gasteiger partial charge on any atom is 0.251 e. The third-order valence-corrected chi connectivity index (χ3v) is 5.44. The fraction of sp³-hybridized carbons (Fsp3) is 0.333. The Balaban J connectivity index is 1.30. The molecule has 29 heavy (non-hydrogen) atoms. The van der Waals surface area contributed by atoms with Gasteiger partial charge < -0.3 is 9.88 Å². The van der Waals surface area contributed by atoms with E-state index in [1.807, 2.05) is 35.0 Å². The lowest BCUT2D eigenvalue weighted by Gasteiger charge is -2.26. The van der Waals surface area contributed by atoms with E-state index < -0.39 is 0 Å². The van der Waals surface area contributed by atoms with E-state index in [0.29, 0.717) is 12.1 Å². The molecule has 0 radical (unpaired) electrons. The molecule has 5 heteroatoms. The van der Waals surface area contributed by atoms with E-state index in [-0.39, 0.29) is 5.91 Å². The van der Waals surface area contributed by atoms with E-state index in [1.165, 1.54) is 37.9 Å². The van der Waals surface area contributed by atoms with E-state index >= 15 is 0 Å². The van der Waals surface area contributed by atoms with E-state index in [0.717, 1.165) is 24.2 Å². The van der Waals surface area contributed by atoms with Crippen molar-refractivity contribution in [1.29, 1.82) is 0 Å². The zero-order valence-electron chi connectivity index (χ0n) is 16.8. The minimum atomic E-state index is -0.0411. The number of hydrogen-bond donors (Lipinski definition) is 1. The number of nitrogens with zero attached hydrogens (tertiary/aromatic N) is 3. The lowest BCUT2D eigenvalue weighted by molar-refractivity contribution is 0.0951. The Bertz CT molecular complexity index is 912. The van der Waals surface area contributed by atoms with Gasteiger partial charge in [-0.05, 0) is 54.8 Å². The van der Waals surface area contributed by atoms with Gasteiger partial charge in [0.2, 0.25) is 0 Å². The third-order valence-electron chi connectivity index (χ3n) is 5.44. The van der Waals surface area contributed by atoms with E-state index in [9.17, 15) is 4.79 Å². The van der Waals surface area contributed by atoms with Crippen molar-refractivity contribution in [3.8, 4) is 0 Å². The number of piperidine rings is 1. The highest BCUT2D eigenvalue weighted by molar-refractivity contribution is 5.94. The summed E-state index contributed by atoms with van der Waals surface area (Å²) in [6.45, 7) is 4.69. The van der Waals surface area contributed by atoms with Crippen LogP contribution in [0.1, 0.15) is 46.3 Å². The van der Waals surface area contributed by atoms with Crippen LogP contribution in [0, 0.1) is 0 Å². The first-order valence-corrected chi connectivity index (χ1v) is 10.4. The number of nitrogens with one attached hydrogen (secondary N) is 1. The van der Waals surface area contributed by atoms with Gasteiger partial charge in [0.15, 0.2) is 0 Å². The largest absolute Gasteiger partial charge is 0.348 e. The van der Waals surface area contributed by atoms with Gasteiger partial charge in [0.05, 0.1) is 6.33 Å². The van der Waals surface area contributed by atoms with Crippen molar-refractivity contribution in [3.05, 3.63) is 89.5 Å². The van der Waals surface area contributed by atoms with Crippen molar-refractivity contribution >= 4 is 5.91 Å². The van der Waals surface area contributed by atoms with Gasteiger partial charge in [-0.25, -0.2) is 4.98 Å². The molecule has 0 saturated carbocycles. The standard InChI is InChI=1S/C24H28N4O/c29-24(23-9-7-20(8-10-23)17-28-14-11-25-19-28)26-16-21-5-4-6-22(15-21)18-27-12-2-1-3-13-27/h4-11,14-15,19H,1-3,12-13,16-18H2,(H,26,29). The molecule has 0 aliphatic carbocycles. The summed E-state index contributed by atoms with van der Waals surface area (Å²) in [4.78, 5) is 19.1. The maximum atomic E-state index is 12.5. The lowest BCUT2D eigenvalue weighted by atomic mass is 10.1. The Morgan fingerprint density at radius 2 is 1.72 bits per heavy atom. The van der Waals surface area contributed by atoms with E-state index in [2.05, 4.69) is 39.5 Å². The van der Waals surface area contributed by atoms with E-state index in [4.69, 9.17) is 0 Å². The second-order valence-electron chi connectivity index (χ2n) is 7.77. The number of benzene rings is 2. The summed E-state index contributed by atoms with van der Waals surface area (Å²) in [7, 11) is 0. The van der Waals surface area contributed by atoms with Crippen LogP contribution in [0.4, 0.5) is 0 Å². The molecular formula is C24H28N4O. The van der Waals surface area contributed by atoms with Crippen molar-refractivity contribution < 1.29 is 4.79 Å². The molecule has 3 aromatic rings. The first kappa shape index (κ1) is 19.4. The molecular weight excluding hydrogens is 360 g/mol. The van der Waals surface area contributed by atoms with Crippen molar-refractivity contribution in [2.75, 3.05) is 13.1 Å². The zero-order chi connectivity index (χ0) is 19.9. The number of carbonyl (C=O) groups is 1. The highest BCUT2D eigenvalue weighted by Gasteiger charge is 2.11. The molecule has 4 rings (SSSR count). The predicted molar refractivity (Wildman–Crippen MR) is 115 cm³/mol. The Kier molecular flexibility index (Phi) is 6.37. The van der Waals surface area contributed by atoms with Gasteiger partial charge in [-0.3, -0.25) is 9.69 Å². The number of likely N-dealkylation sites (tertiary alicyclic amines) is 1. The molecule has 1 N–H and O–H groups in total. The van der Waals surface area contributed by atoms with Crippen LogP contribution in [0.5, 0.6) is 0 Å². The van der Waals surface area contributed by atoms with Crippen LogP contribution in [0.25, 0.3) is 0 Å². The molecule has 1 fully saturated rings. The predicted octanol–water partition coefficient (Wildman–Crippen LogP) is 3.85. The third kappa shape index (κ3) is 5.55. The summed E-state index contributed by atoms with van der Waals surface area (Å²) in [5.41, 5.74) is 4.29. The molecule has 0 unspecified atom stereocenters. The minimum absolute atomic E-state index is 0.0411. The average Bonchev–Trinajstić information content (AvgIpc) is 3.27. The number of aromatic nitrogens is 2. The van der Waals surface area contributed by atoms with Gasteiger partial charge in [0.1, 0.15) is 0 Å². The average molecular weight is 389 g/mol. The van der Waals surface area contributed by atoms with Gasteiger partial charge in [0, 0.05) is 37.6 Å². The highest BCUT2D eigenvalue weighted by Crippen LogP contribution is 2.14. The van der Waals surface area contributed by atoms with Crippen LogP contribution in [0.15, 0.2) is 67.3 Å². The van der Waals surface area contributed by atoms with Crippen LogP contribution in [-0.2, 0) is 19.6 Å². The van der Waals surface area contributed by atoms with E-state index in [1.54, 1.807) is 12.5 Å². The Morgan fingerprint density at radius 1 is 0.931 bits per heavy atom. The van der Waals surface area contributed by atoms with Gasteiger partial charge in [-0.2, -0.15) is 0 Å². The number of hydrogen-bond acceptors (Lipinski definition) is 3. The summed E-state index contributed by atoms with van der Waals surface area (Å²) >= 11 is 0. The quantitative estimate of drug-likeness (QED) is 0.669. The molecule has 1 saturated heterocycles. The summed E-state index contributed by atoms with van der Waals surface area (Å²) in [5, 5.41) is 3.04. The molecule has 0 spiro atoms. The fourth-order valence-corrected chi connectivity index (χ4v) is 3.85. The Labute approximate surface area is 172 Å². The molecule has 150 valence electrons. The maximum absolute atomic E-state index is 12.5. The smallest absolute Gasteiger partial charge is 0.251 e. The Morgan fingerprint density at radius 3 is 2.48 bits per heavy atom. The van der Waals surface area contributed by atoms with Crippen molar-refractivity contribution in [3.63, 3.8) is 0 Å². The SMILES string of the molecule is O=C(NCc1cccc(CN2CCCCC2)c1)c1ccc(Cn2ccnc2)cc1. The van der Waals surface area contributed by atoms with Gasteiger partial charge in [-0.15, -0.1) is 0 Å². The number of rotatable bonds is 7. The topological polar surface area (TPSA) is 50.2 Å². The molecule has 1 aromatic heterocycles. The first-order chi connectivity index (χ1) is 14.3. The van der Waals surface area contributed by atoms with Crippen LogP contribution in [0.3, 0.4) is 0 Å². The normalized spacial score (nSPS) is 14.6. The van der Waals surface area contributed by atoms with Crippen molar-refractivity contribution in [2.45, 2.75) is 38.9 Å². The molecule has 2 aromatic carbocycles. The molecule has 0 atom stereocenters. The zero-order valence-corrected chi connectivity index (χ0v) is 16.8. The van der Waals surface area contributed by atoms with Crippen molar-refractivity contribution in [2.24, 2.45) is 0 Å². The molecule has 0 bridgehead atoms. The fourth-order valence-electron chi connectivity index (χ4n) is 3.85. The molecule has 1 aliphatic rings.